The average molecular weight is 209 g/mol. The molecular formula is C11H15NO3. The van der Waals surface area contributed by atoms with Crippen LogP contribution < -0.4 is 0 Å². The Kier molecular flexibility index (Phi) is 3.29. The lowest BCUT2D eigenvalue weighted by Crippen LogP contribution is -2.40. The van der Waals surface area contributed by atoms with Crippen molar-refractivity contribution in [1.82, 2.24) is 4.90 Å². The number of ether oxygens (including phenoxy) is 1. The zero-order valence-electron chi connectivity index (χ0n) is 9.14. The summed E-state index contributed by atoms with van der Waals surface area (Å²) in [6.45, 7) is 5.35. The summed E-state index contributed by atoms with van der Waals surface area (Å²) in [5, 5.41) is 0. The molecule has 0 saturated heterocycles. The largest absolute Gasteiger partial charge is 0.443 e. The van der Waals surface area contributed by atoms with Gasteiger partial charge in [-0.2, -0.15) is 0 Å². The van der Waals surface area contributed by atoms with Crippen LogP contribution in [0.15, 0.2) is 24.4 Å². The van der Waals surface area contributed by atoms with Crippen molar-refractivity contribution in [3.63, 3.8) is 0 Å². The van der Waals surface area contributed by atoms with Crippen LogP contribution in [0.25, 0.3) is 0 Å². The third kappa shape index (κ3) is 3.23. The van der Waals surface area contributed by atoms with Gasteiger partial charge in [0.25, 0.3) is 0 Å². The van der Waals surface area contributed by atoms with Crippen molar-refractivity contribution >= 4 is 12.4 Å². The third-order valence-electron chi connectivity index (χ3n) is 1.73. The minimum absolute atomic E-state index is 0.514. The minimum Gasteiger partial charge on any atom is -0.443 e. The zero-order valence-corrected chi connectivity index (χ0v) is 9.14. The van der Waals surface area contributed by atoms with Crippen LogP contribution in [0.1, 0.15) is 20.8 Å². The first kappa shape index (κ1) is 11.5. The molecule has 1 atom stereocenters. The molecule has 1 aliphatic rings. The predicted molar refractivity (Wildman–Crippen MR) is 56.2 cm³/mol. The van der Waals surface area contributed by atoms with Crippen LogP contribution in [0.4, 0.5) is 4.79 Å². The molecule has 4 nitrogen and oxygen atoms in total. The van der Waals surface area contributed by atoms with E-state index >= 15 is 0 Å². The Morgan fingerprint density at radius 2 is 2.07 bits per heavy atom. The van der Waals surface area contributed by atoms with E-state index in [0.717, 1.165) is 0 Å². The van der Waals surface area contributed by atoms with Crippen molar-refractivity contribution in [3.05, 3.63) is 24.4 Å². The number of hydrogen-bond donors (Lipinski definition) is 0. The monoisotopic (exact) mass is 209 g/mol. The number of carbonyl (C=O) groups excluding carboxylic acids is 2. The van der Waals surface area contributed by atoms with Gasteiger partial charge < -0.3 is 9.53 Å². The molecule has 0 fully saturated rings. The Bertz CT molecular complexity index is 312. The number of aldehydes is 1. The predicted octanol–water partition coefficient (Wildman–Crippen LogP) is 1.87. The van der Waals surface area contributed by atoms with Crippen molar-refractivity contribution in [1.29, 1.82) is 0 Å². The molecule has 1 amide bonds. The summed E-state index contributed by atoms with van der Waals surface area (Å²) >= 11 is 0. The summed E-state index contributed by atoms with van der Waals surface area (Å²) in [5.41, 5.74) is -0.556. The van der Waals surface area contributed by atoms with Gasteiger partial charge >= 0.3 is 6.09 Å². The summed E-state index contributed by atoms with van der Waals surface area (Å²) in [4.78, 5) is 23.6. The van der Waals surface area contributed by atoms with Crippen LogP contribution in [-0.2, 0) is 9.53 Å². The summed E-state index contributed by atoms with van der Waals surface area (Å²) in [6, 6.07) is -0.565. The summed E-state index contributed by atoms with van der Waals surface area (Å²) in [5.74, 6) is 0. The molecule has 0 aromatic carbocycles. The van der Waals surface area contributed by atoms with Crippen LogP contribution in [0.2, 0.25) is 0 Å². The number of amides is 1. The Morgan fingerprint density at radius 1 is 1.40 bits per heavy atom. The van der Waals surface area contributed by atoms with E-state index in [1.807, 2.05) is 0 Å². The van der Waals surface area contributed by atoms with Gasteiger partial charge in [-0.15, -0.1) is 0 Å². The molecule has 0 aliphatic carbocycles. The first-order chi connectivity index (χ1) is 6.94. The fourth-order valence-electron chi connectivity index (χ4n) is 1.12. The third-order valence-corrected chi connectivity index (χ3v) is 1.73. The molecule has 82 valence electrons. The highest BCUT2D eigenvalue weighted by atomic mass is 16.6. The molecule has 0 saturated carbocycles. The van der Waals surface area contributed by atoms with Crippen molar-refractivity contribution in [3.8, 4) is 0 Å². The molecule has 0 aromatic heterocycles. The summed E-state index contributed by atoms with van der Waals surface area (Å²) in [6.07, 6.45) is 6.76. The molecule has 0 N–H and O–H groups in total. The number of rotatable bonds is 1. The Balaban J connectivity index is 2.70. The van der Waals surface area contributed by atoms with Gasteiger partial charge in [-0.3, -0.25) is 4.90 Å². The van der Waals surface area contributed by atoms with Gasteiger partial charge in [-0.1, -0.05) is 12.2 Å². The molecule has 15 heavy (non-hydrogen) atoms. The second kappa shape index (κ2) is 4.29. The maximum atomic E-state index is 11.6. The van der Waals surface area contributed by atoms with E-state index < -0.39 is 17.7 Å². The molecule has 0 unspecified atom stereocenters. The van der Waals surface area contributed by atoms with Crippen molar-refractivity contribution in [2.75, 3.05) is 0 Å². The fourth-order valence-corrected chi connectivity index (χ4v) is 1.12. The molecular weight excluding hydrogens is 194 g/mol. The van der Waals surface area contributed by atoms with E-state index in [1.165, 1.54) is 11.1 Å². The van der Waals surface area contributed by atoms with E-state index in [-0.39, 0.29) is 0 Å². The van der Waals surface area contributed by atoms with Crippen molar-refractivity contribution < 1.29 is 14.3 Å². The van der Waals surface area contributed by atoms with Gasteiger partial charge in [0.05, 0.1) is 0 Å². The molecule has 0 spiro atoms. The van der Waals surface area contributed by atoms with Crippen molar-refractivity contribution in [2.24, 2.45) is 0 Å². The van der Waals surface area contributed by atoms with Crippen molar-refractivity contribution in [2.45, 2.75) is 32.4 Å². The quantitative estimate of drug-likeness (QED) is 0.619. The topological polar surface area (TPSA) is 46.6 Å². The van der Waals surface area contributed by atoms with Gasteiger partial charge in [0, 0.05) is 6.20 Å². The van der Waals surface area contributed by atoms with E-state index in [0.29, 0.717) is 6.29 Å². The number of carbonyl (C=O) groups is 2. The van der Waals surface area contributed by atoms with Gasteiger partial charge in [-0.25, -0.2) is 4.79 Å². The minimum atomic E-state index is -0.565. The van der Waals surface area contributed by atoms with E-state index in [4.69, 9.17) is 4.74 Å². The van der Waals surface area contributed by atoms with Gasteiger partial charge in [0.2, 0.25) is 0 Å². The second-order valence-electron chi connectivity index (χ2n) is 4.24. The summed E-state index contributed by atoms with van der Waals surface area (Å²) in [7, 11) is 0. The number of nitrogens with zero attached hydrogens (tertiary/aromatic N) is 1. The standard InChI is InChI=1S/C11H15NO3/c1-11(2,3)15-10(14)12-7-5-4-6-9(12)8-13/h4-9H,1-3H3/t9-/m1/s1. The Hall–Kier alpha value is -1.58. The molecule has 0 aromatic rings. The molecule has 1 aliphatic heterocycles. The maximum absolute atomic E-state index is 11.6. The Morgan fingerprint density at radius 3 is 2.60 bits per heavy atom. The van der Waals surface area contributed by atoms with Crippen LogP contribution in [0.5, 0.6) is 0 Å². The van der Waals surface area contributed by atoms with Gasteiger partial charge in [0.1, 0.15) is 17.9 Å². The van der Waals surface area contributed by atoms with Crippen LogP contribution in [0.3, 0.4) is 0 Å². The Labute approximate surface area is 89.2 Å². The number of hydrogen-bond acceptors (Lipinski definition) is 3. The molecule has 0 bridgehead atoms. The van der Waals surface area contributed by atoms with Crippen LogP contribution >= 0.6 is 0 Å². The first-order valence-corrected chi connectivity index (χ1v) is 4.75. The molecule has 4 heteroatoms. The normalized spacial score (nSPS) is 20.2. The fraction of sp³-hybridized carbons (Fsp3) is 0.455. The SMILES string of the molecule is CC(C)(C)OC(=O)N1C=CC=C[C@@H]1C=O. The van der Waals surface area contributed by atoms with Crippen LogP contribution in [-0.4, -0.2) is 28.9 Å². The molecule has 1 rings (SSSR count). The van der Waals surface area contributed by atoms with E-state index in [1.54, 1.807) is 39.0 Å². The number of allylic oxidation sites excluding steroid dienone is 2. The van der Waals surface area contributed by atoms with Gasteiger partial charge in [-0.05, 0) is 26.8 Å². The van der Waals surface area contributed by atoms with E-state index in [2.05, 4.69) is 0 Å². The summed E-state index contributed by atoms with van der Waals surface area (Å²) < 4.78 is 5.15. The second-order valence-corrected chi connectivity index (χ2v) is 4.24. The highest BCUT2D eigenvalue weighted by molar-refractivity contribution is 5.77. The first-order valence-electron chi connectivity index (χ1n) is 4.75. The lowest BCUT2D eigenvalue weighted by atomic mass is 10.2. The van der Waals surface area contributed by atoms with E-state index in [9.17, 15) is 9.59 Å². The smallest absolute Gasteiger partial charge is 0.415 e. The molecule has 1 heterocycles. The highest BCUT2D eigenvalue weighted by Crippen LogP contribution is 2.14. The lowest BCUT2D eigenvalue weighted by Gasteiger charge is -2.28. The zero-order chi connectivity index (χ0) is 11.5. The molecule has 0 radical (unpaired) electrons. The van der Waals surface area contributed by atoms with Gasteiger partial charge in [0.15, 0.2) is 0 Å². The highest BCUT2D eigenvalue weighted by Gasteiger charge is 2.25. The lowest BCUT2D eigenvalue weighted by molar-refractivity contribution is -0.110. The average Bonchev–Trinajstić information content (AvgIpc) is 2.15. The van der Waals surface area contributed by atoms with Crippen LogP contribution in [0, 0.1) is 0 Å². The maximum Gasteiger partial charge on any atom is 0.415 e.